The average Bonchev–Trinajstić information content (AvgIpc) is 2.78. The molecule has 30 heavy (non-hydrogen) atoms. The summed E-state index contributed by atoms with van der Waals surface area (Å²) in [6, 6.07) is 26.2. The van der Waals surface area contributed by atoms with Gasteiger partial charge in [0.05, 0.1) is 5.56 Å². The Bertz CT molecular complexity index is 955. The van der Waals surface area contributed by atoms with Gasteiger partial charge in [-0.3, -0.25) is 4.79 Å². The van der Waals surface area contributed by atoms with Crippen molar-refractivity contribution >= 4 is 11.9 Å². The van der Waals surface area contributed by atoms with E-state index in [9.17, 15) is 9.59 Å². The highest BCUT2D eigenvalue weighted by molar-refractivity contribution is 5.92. The predicted molar refractivity (Wildman–Crippen MR) is 115 cm³/mol. The van der Waals surface area contributed by atoms with Crippen LogP contribution in [-0.4, -0.2) is 29.9 Å². The van der Waals surface area contributed by atoms with Crippen LogP contribution in [0.25, 0.3) is 0 Å². The molecule has 0 radical (unpaired) electrons. The SMILES string of the molecule is C[C@@H](OC(=O)c1ccc(OCc2ccccc2)cc1)C(=O)N(C)Cc1ccccc1. The van der Waals surface area contributed by atoms with E-state index in [1.54, 1.807) is 43.1 Å². The molecule has 0 aliphatic carbocycles. The summed E-state index contributed by atoms with van der Waals surface area (Å²) < 4.78 is 11.1. The smallest absolute Gasteiger partial charge is 0.338 e. The first-order chi connectivity index (χ1) is 14.5. The highest BCUT2D eigenvalue weighted by Gasteiger charge is 2.22. The Morgan fingerprint density at radius 1 is 0.833 bits per heavy atom. The van der Waals surface area contributed by atoms with E-state index in [1.807, 2.05) is 60.7 Å². The molecule has 1 atom stereocenters. The summed E-state index contributed by atoms with van der Waals surface area (Å²) in [6.45, 7) is 2.48. The molecule has 0 spiro atoms. The van der Waals surface area contributed by atoms with Crippen LogP contribution < -0.4 is 4.74 Å². The average molecular weight is 403 g/mol. The maximum atomic E-state index is 12.5. The van der Waals surface area contributed by atoms with E-state index in [4.69, 9.17) is 9.47 Å². The monoisotopic (exact) mass is 403 g/mol. The maximum absolute atomic E-state index is 12.5. The van der Waals surface area contributed by atoms with E-state index in [2.05, 4.69) is 0 Å². The number of nitrogens with zero attached hydrogens (tertiary/aromatic N) is 1. The first-order valence-electron chi connectivity index (χ1n) is 9.79. The molecule has 0 heterocycles. The van der Waals surface area contributed by atoms with E-state index in [1.165, 1.54) is 0 Å². The van der Waals surface area contributed by atoms with E-state index in [0.717, 1.165) is 11.1 Å². The van der Waals surface area contributed by atoms with Gasteiger partial charge >= 0.3 is 5.97 Å². The van der Waals surface area contributed by atoms with E-state index >= 15 is 0 Å². The molecular weight excluding hydrogens is 378 g/mol. The van der Waals surface area contributed by atoms with Gasteiger partial charge in [-0.25, -0.2) is 4.79 Å². The first kappa shape index (κ1) is 21.1. The van der Waals surface area contributed by atoms with Gasteiger partial charge in [0.1, 0.15) is 12.4 Å². The third-order valence-electron chi connectivity index (χ3n) is 4.61. The molecular formula is C25H25NO4. The van der Waals surface area contributed by atoms with Crippen molar-refractivity contribution in [3.63, 3.8) is 0 Å². The second-order valence-corrected chi connectivity index (χ2v) is 7.03. The Hall–Kier alpha value is -3.60. The number of likely N-dealkylation sites (N-methyl/N-ethyl adjacent to an activating group) is 1. The molecule has 3 rings (SSSR count). The fraction of sp³-hybridized carbons (Fsp3) is 0.200. The van der Waals surface area contributed by atoms with Gasteiger partial charge in [-0.15, -0.1) is 0 Å². The normalized spacial score (nSPS) is 11.4. The standard InChI is InChI=1S/C25H25NO4/c1-19(24(27)26(2)17-20-9-5-3-6-10-20)30-25(28)22-13-15-23(16-14-22)29-18-21-11-7-4-8-12-21/h3-16,19H,17-18H2,1-2H3/t19-/m1/s1. The summed E-state index contributed by atoms with van der Waals surface area (Å²) in [7, 11) is 1.69. The van der Waals surface area contributed by atoms with Crippen LogP contribution in [0, 0.1) is 0 Å². The summed E-state index contributed by atoms with van der Waals surface area (Å²) >= 11 is 0. The number of carbonyl (C=O) groups is 2. The Kier molecular flexibility index (Phi) is 7.22. The highest BCUT2D eigenvalue weighted by Crippen LogP contribution is 2.16. The van der Waals surface area contributed by atoms with Gasteiger partial charge in [0, 0.05) is 13.6 Å². The topological polar surface area (TPSA) is 55.8 Å². The minimum atomic E-state index is -0.875. The number of hydrogen-bond donors (Lipinski definition) is 0. The molecule has 0 aliphatic rings. The first-order valence-corrected chi connectivity index (χ1v) is 9.79. The summed E-state index contributed by atoms with van der Waals surface area (Å²) in [5.41, 5.74) is 2.44. The number of hydrogen-bond acceptors (Lipinski definition) is 4. The second kappa shape index (κ2) is 10.3. The molecule has 3 aromatic rings. The lowest BCUT2D eigenvalue weighted by Crippen LogP contribution is -2.37. The molecule has 3 aromatic carbocycles. The molecule has 1 amide bonds. The summed E-state index contributed by atoms with van der Waals surface area (Å²) in [5.74, 6) is -0.143. The molecule has 154 valence electrons. The third-order valence-corrected chi connectivity index (χ3v) is 4.61. The lowest BCUT2D eigenvalue weighted by molar-refractivity contribution is -0.139. The van der Waals surface area contributed by atoms with Crippen molar-refractivity contribution in [2.75, 3.05) is 7.05 Å². The van der Waals surface area contributed by atoms with Gasteiger partial charge in [-0.1, -0.05) is 60.7 Å². The van der Waals surface area contributed by atoms with Crippen LogP contribution in [0.2, 0.25) is 0 Å². The van der Waals surface area contributed by atoms with Crippen LogP contribution in [0.4, 0.5) is 0 Å². The predicted octanol–water partition coefficient (Wildman–Crippen LogP) is 4.47. The fourth-order valence-corrected chi connectivity index (χ4v) is 2.95. The molecule has 0 saturated heterocycles. The van der Waals surface area contributed by atoms with Gasteiger partial charge in [-0.05, 0) is 42.3 Å². The highest BCUT2D eigenvalue weighted by atomic mass is 16.5. The molecule has 5 nitrogen and oxygen atoms in total. The minimum Gasteiger partial charge on any atom is -0.489 e. The molecule has 0 aromatic heterocycles. The van der Waals surface area contributed by atoms with Crippen molar-refractivity contribution in [2.45, 2.75) is 26.2 Å². The van der Waals surface area contributed by atoms with Gasteiger partial charge in [0.25, 0.3) is 5.91 Å². The van der Waals surface area contributed by atoms with Crippen LogP contribution in [-0.2, 0) is 22.7 Å². The van der Waals surface area contributed by atoms with E-state index < -0.39 is 12.1 Å². The third kappa shape index (κ3) is 5.95. The number of esters is 1. The van der Waals surface area contributed by atoms with Crippen LogP contribution in [0.3, 0.4) is 0 Å². The summed E-state index contributed by atoms with van der Waals surface area (Å²) in [6.07, 6.45) is -0.875. The minimum absolute atomic E-state index is 0.255. The Labute approximate surface area is 176 Å². The van der Waals surface area contributed by atoms with E-state index in [-0.39, 0.29) is 5.91 Å². The Morgan fingerprint density at radius 3 is 2.00 bits per heavy atom. The number of carbonyl (C=O) groups excluding carboxylic acids is 2. The summed E-state index contributed by atoms with van der Waals surface area (Å²) in [4.78, 5) is 26.5. The lowest BCUT2D eigenvalue weighted by Gasteiger charge is -2.21. The van der Waals surface area contributed by atoms with Crippen molar-refractivity contribution in [1.29, 1.82) is 0 Å². The van der Waals surface area contributed by atoms with Crippen LogP contribution in [0.5, 0.6) is 5.75 Å². The molecule has 0 unspecified atom stereocenters. The zero-order valence-corrected chi connectivity index (χ0v) is 17.2. The fourth-order valence-electron chi connectivity index (χ4n) is 2.95. The van der Waals surface area contributed by atoms with Crippen molar-refractivity contribution in [3.8, 4) is 5.75 Å². The maximum Gasteiger partial charge on any atom is 0.338 e. The van der Waals surface area contributed by atoms with Crippen LogP contribution in [0.15, 0.2) is 84.9 Å². The number of rotatable bonds is 8. The molecule has 0 fully saturated rings. The van der Waals surface area contributed by atoms with Gasteiger partial charge in [-0.2, -0.15) is 0 Å². The molecule has 0 aliphatic heterocycles. The van der Waals surface area contributed by atoms with Gasteiger partial charge in [0.2, 0.25) is 0 Å². The van der Waals surface area contributed by atoms with Crippen LogP contribution >= 0.6 is 0 Å². The van der Waals surface area contributed by atoms with E-state index in [0.29, 0.717) is 24.5 Å². The number of ether oxygens (including phenoxy) is 2. The zero-order valence-electron chi connectivity index (χ0n) is 17.2. The largest absolute Gasteiger partial charge is 0.489 e. The van der Waals surface area contributed by atoms with Crippen molar-refractivity contribution in [2.24, 2.45) is 0 Å². The molecule has 0 saturated carbocycles. The van der Waals surface area contributed by atoms with Gasteiger partial charge in [0.15, 0.2) is 6.10 Å². The zero-order chi connectivity index (χ0) is 21.3. The summed E-state index contributed by atoms with van der Waals surface area (Å²) in [5, 5.41) is 0. The quantitative estimate of drug-likeness (QED) is 0.521. The molecule has 5 heteroatoms. The van der Waals surface area contributed by atoms with Gasteiger partial charge < -0.3 is 14.4 Å². The Morgan fingerprint density at radius 2 is 1.40 bits per heavy atom. The Balaban J connectivity index is 1.51. The lowest BCUT2D eigenvalue weighted by atomic mass is 10.2. The second-order valence-electron chi connectivity index (χ2n) is 7.03. The van der Waals surface area contributed by atoms with Crippen LogP contribution in [0.1, 0.15) is 28.4 Å². The number of benzene rings is 3. The molecule has 0 bridgehead atoms. The number of amides is 1. The van der Waals surface area contributed by atoms with Crippen molar-refractivity contribution < 1.29 is 19.1 Å². The molecule has 0 N–H and O–H groups in total. The van der Waals surface area contributed by atoms with Crippen molar-refractivity contribution in [1.82, 2.24) is 4.90 Å². The van der Waals surface area contributed by atoms with Crippen molar-refractivity contribution in [3.05, 3.63) is 102 Å².